The van der Waals surface area contributed by atoms with E-state index in [4.69, 9.17) is 4.74 Å². The van der Waals surface area contributed by atoms with Gasteiger partial charge in [-0.3, -0.25) is 9.69 Å². The zero-order chi connectivity index (χ0) is 16.4. The summed E-state index contributed by atoms with van der Waals surface area (Å²) < 4.78 is 6.04. The van der Waals surface area contributed by atoms with Gasteiger partial charge in [-0.25, -0.2) is 0 Å². The molecule has 130 valence electrons. The smallest absolute Gasteiger partial charge is 0.228 e. The number of hydrogen-bond acceptors (Lipinski definition) is 3. The Labute approximate surface area is 144 Å². The third kappa shape index (κ3) is 3.22. The lowest BCUT2D eigenvalue weighted by molar-refractivity contribution is -0.149. The molecule has 4 rings (SSSR count). The Morgan fingerprint density at radius 1 is 1.00 bits per heavy atom. The van der Waals surface area contributed by atoms with Crippen molar-refractivity contribution in [3.05, 3.63) is 35.9 Å². The highest BCUT2D eigenvalue weighted by molar-refractivity contribution is 5.80. The predicted octanol–water partition coefficient (Wildman–Crippen LogP) is 2.85. The van der Waals surface area contributed by atoms with Crippen molar-refractivity contribution in [2.45, 2.75) is 44.2 Å². The summed E-state index contributed by atoms with van der Waals surface area (Å²) in [6.45, 7) is 4.82. The summed E-state index contributed by atoms with van der Waals surface area (Å²) in [7, 11) is 0. The maximum atomic E-state index is 13.2. The fourth-order valence-corrected chi connectivity index (χ4v) is 4.60. The average Bonchev–Trinajstić information content (AvgIpc) is 2.68. The monoisotopic (exact) mass is 328 g/mol. The number of piperazine rings is 1. The molecule has 24 heavy (non-hydrogen) atoms. The molecule has 0 N–H and O–H groups in total. The van der Waals surface area contributed by atoms with E-state index in [0.29, 0.717) is 11.9 Å². The molecule has 3 atom stereocenters. The number of hydrogen-bond donors (Lipinski definition) is 0. The van der Waals surface area contributed by atoms with Gasteiger partial charge in [0.25, 0.3) is 0 Å². The summed E-state index contributed by atoms with van der Waals surface area (Å²) in [5, 5.41) is 0. The minimum Gasteiger partial charge on any atom is -0.373 e. The Morgan fingerprint density at radius 3 is 2.75 bits per heavy atom. The number of fused-ring (bicyclic) bond motifs is 1. The van der Waals surface area contributed by atoms with Crippen LogP contribution in [0.2, 0.25) is 0 Å². The number of rotatable bonds is 2. The summed E-state index contributed by atoms with van der Waals surface area (Å²) in [4.78, 5) is 17.9. The second kappa shape index (κ2) is 7.24. The van der Waals surface area contributed by atoms with Crippen LogP contribution < -0.4 is 0 Å². The maximum Gasteiger partial charge on any atom is 0.228 e. The van der Waals surface area contributed by atoms with E-state index in [1.54, 1.807) is 0 Å². The fraction of sp³-hybridized carbons (Fsp3) is 0.650. The summed E-state index contributed by atoms with van der Waals surface area (Å²) in [5.41, 5.74) is 1.15. The van der Waals surface area contributed by atoms with Gasteiger partial charge in [-0.15, -0.1) is 0 Å². The minimum atomic E-state index is -0.0724. The van der Waals surface area contributed by atoms with Gasteiger partial charge in [-0.2, -0.15) is 0 Å². The van der Waals surface area contributed by atoms with Crippen LogP contribution in [0.4, 0.5) is 0 Å². The maximum absolute atomic E-state index is 13.2. The first-order chi connectivity index (χ1) is 11.8. The van der Waals surface area contributed by atoms with Crippen molar-refractivity contribution in [3.8, 4) is 0 Å². The summed E-state index contributed by atoms with van der Waals surface area (Å²) in [6, 6.07) is 10.9. The number of nitrogens with zero attached hydrogens (tertiary/aromatic N) is 2. The molecule has 3 aliphatic rings. The van der Waals surface area contributed by atoms with Crippen LogP contribution in [0.25, 0.3) is 0 Å². The summed E-state index contributed by atoms with van der Waals surface area (Å²) >= 11 is 0. The van der Waals surface area contributed by atoms with E-state index in [0.717, 1.165) is 44.6 Å². The third-order valence-electron chi connectivity index (χ3n) is 5.92. The number of benzene rings is 1. The number of amides is 1. The molecule has 1 amide bonds. The van der Waals surface area contributed by atoms with Gasteiger partial charge in [0.15, 0.2) is 0 Å². The number of ether oxygens (including phenoxy) is 1. The van der Waals surface area contributed by atoms with Crippen LogP contribution in [0.5, 0.6) is 0 Å². The quantitative estimate of drug-likeness (QED) is 0.837. The molecule has 0 aliphatic carbocycles. The molecule has 1 aromatic carbocycles. The topological polar surface area (TPSA) is 32.8 Å². The van der Waals surface area contributed by atoms with Crippen molar-refractivity contribution in [2.75, 3.05) is 32.8 Å². The number of carbonyl (C=O) groups excluding carboxylic acids is 1. The van der Waals surface area contributed by atoms with Crippen molar-refractivity contribution in [1.29, 1.82) is 0 Å². The van der Waals surface area contributed by atoms with Crippen LogP contribution in [-0.4, -0.2) is 54.5 Å². The molecule has 3 unspecified atom stereocenters. The molecule has 3 aliphatic heterocycles. The van der Waals surface area contributed by atoms with E-state index in [1.165, 1.54) is 25.8 Å². The van der Waals surface area contributed by atoms with Gasteiger partial charge in [0, 0.05) is 32.3 Å². The van der Waals surface area contributed by atoms with Gasteiger partial charge >= 0.3 is 0 Å². The lowest BCUT2D eigenvalue weighted by Crippen LogP contribution is -2.57. The van der Waals surface area contributed by atoms with Crippen LogP contribution in [0, 0.1) is 5.92 Å². The van der Waals surface area contributed by atoms with Crippen molar-refractivity contribution in [3.63, 3.8) is 0 Å². The molecule has 4 nitrogen and oxygen atoms in total. The number of piperidine rings is 1. The van der Waals surface area contributed by atoms with E-state index in [9.17, 15) is 4.79 Å². The van der Waals surface area contributed by atoms with Crippen LogP contribution in [-0.2, 0) is 9.53 Å². The van der Waals surface area contributed by atoms with E-state index >= 15 is 0 Å². The molecule has 0 spiro atoms. The zero-order valence-corrected chi connectivity index (χ0v) is 14.4. The molecule has 0 aromatic heterocycles. The molecule has 3 saturated heterocycles. The first-order valence-corrected chi connectivity index (χ1v) is 9.52. The predicted molar refractivity (Wildman–Crippen MR) is 93.7 cm³/mol. The molecule has 0 bridgehead atoms. The first kappa shape index (κ1) is 16.1. The van der Waals surface area contributed by atoms with Crippen LogP contribution >= 0.6 is 0 Å². The average molecular weight is 328 g/mol. The zero-order valence-electron chi connectivity index (χ0n) is 14.4. The molecule has 1 aromatic rings. The molecule has 3 fully saturated rings. The highest BCUT2D eigenvalue weighted by atomic mass is 16.5. The van der Waals surface area contributed by atoms with Gasteiger partial charge in [0.2, 0.25) is 5.91 Å². The molecule has 0 radical (unpaired) electrons. The van der Waals surface area contributed by atoms with Crippen LogP contribution in [0.15, 0.2) is 30.3 Å². The normalized spacial score (nSPS) is 31.5. The van der Waals surface area contributed by atoms with Crippen LogP contribution in [0.1, 0.15) is 43.8 Å². The molecular weight excluding hydrogens is 300 g/mol. The van der Waals surface area contributed by atoms with E-state index in [-0.39, 0.29) is 12.0 Å². The third-order valence-corrected chi connectivity index (χ3v) is 5.92. The van der Waals surface area contributed by atoms with Crippen molar-refractivity contribution in [2.24, 2.45) is 5.92 Å². The van der Waals surface area contributed by atoms with Gasteiger partial charge < -0.3 is 9.64 Å². The summed E-state index contributed by atoms with van der Waals surface area (Å²) in [5.74, 6) is 0.296. The van der Waals surface area contributed by atoms with Crippen molar-refractivity contribution < 1.29 is 9.53 Å². The largest absolute Gasteiger partial charge is 0.373 e. The first-order valence-electron chi connectivity index (χ1n) is 9.52. The second-order valence-corrected chi connectivity index (χ2v) is 7.42. The second-order valence-electron chi connectivity index (χ2n) is 7.42. The Hall–Kier alpha value is -1.39. The Morgan fingerprint density at radius 2 is 1.88 bits per heavy atom. The summed E-state index contributed by atoms with van der Waals surface area (Å²) in [6.07, 6.45) is 5.73. The van der Waals surface area contributed by atoms with Crippen LogP contribution in [0.3, 0.4) is 0 Å². The SMILES string of the molecule is O=C(C1CCCOC1c1ccccc1)N1CCN2CCCCC2C1. The van der Waals surface area contributed by atoms with Crippen molar-refractivity contribution >= 4 is 5.91 Å². The standard InChI is InChI=1S/C20H28N2O2/c23-20(22-13-12-21-11-5-4-9-17(21)15-22)18-10-6-14-24-19(18)16-7-2-1-3-8-16/h1-3,7-8,17-19H,4-6,9-15H2. The van der Waals surface area contributed by atoms with Gasteiger partial charge in [0.05, 0.1) is 12.0 Å². The van der Waals surface area contributed by atoms with Gasteiger partial charge in [0.1, 0.15) is 0 Å². The van der Waals surface area contributed by atoms with Gasteiger partial charge in [-0.1, -0.05) is 36.8 Å². The molecule has 3 heterocycles. The Bertz CT molecular complexity index is 562. The Balaban J connectivity index is 1.47. The minimum absolute atomic E-state index is 0.0173. The lowest BCUT2D eigenvalue weighted by atomic mass is 9.87. The number of carbonyl (C=O) groups is 1. The highest BCUT2D eigenvalue weighted by Gasteiger charge is 2.38. The van der Waals surface area contributed by atoms with E-state index in [2.05, 4.69) is 21.9 Å². The molecule has 4 heteroatoms. The molecule has 0 saturated carbocycles. The van der Waals surface area contributed by atoms with Crippen molar-refractivity contribution in [1.82, 2.24) is 9.80 Å². The highest BCUT2D eigenvalue weighted by Crippen LogP contribution is 2.35. The van der Waals surface area contributed by atoms with E-state index < -0.39 is 0 Å². The molecular formula is C20H28N2O2. The fourth-order valence-electron chi connectivity index (χ4n) is 4.60. The lowest BCUT2D eigenvalue weighted by Gasteiger charge is -2.45. The van der Waals surface area contributed by atoms with Gasteiger partial charge in [-0.05, 0) is 37.8 Å². The van der Waals surface area contributed by atoms with E-state index in [1.807, 2.05) is 18.2 Å². The Kier molecular flexibility index (Phi) is 4.86.